The second kappa shape index (κ2) is 5.09. The predicted molar refractivity (Wildman–Crippen MR) is 50.5 cm³/mol. The molecule has 0 bridgehead atoms. The van der Waals surface area contributed by atoms with Gasteiger partial charge in [-0.1, -0.05) is 0 Å². The Labute approximate surface area is 86.4 Å². The molecule has 6 heteroatoms. The van der Waals surface area contributed by atoms with Gasteiger partial charge in [0.1, 0.15) is 12.4 Å². The molecule has 0 saturated carbocycles. The molecule has 0 spiro atoms. The lowest BCUT2D eigenvalue weighted by atomic mass is 10.3. The fourth-order valence-electron chi connectivity index (χ4n) is 1.03. The van der Waals surface area contributed by atoms with Gasteiger partial charge in [-0.15, -0.1) is 0 Å². The van der Waals surface area contributed by atoms with Gasteiger partial charge >= 0.3 is 0 Å². The Kier molecular flexibility index (Phi) is 4.05. The molecule has 1 heterocycles. The van der Waals surface area contributed by atoms with Crippen LogP contribution in [0.4, 0.5) is 8.78 Å². The van der Waals surface area contributed by atoms with Crippen LogP contribution in [0.2, 0.25) is 0 Å². The van der Waals surface area contributed by atoms with Crippen LogP contribution in [0.15, 0.2) is 12.3 Å². The molecule has 0 aliphatic heterocycles. The zero-order valence-electron chi connectivity index (χ0n) is 8.37. The van der Waals surface area contributed by atoms with E-state index < -0.39 is 19.1 Å². The Morgan fingerprint density at radius 3 is 2.87 bits per heavy atom. The quantitative estimate of drug-likeness (QED) is 0.754. The average molecular weight is 217 g/mol. The number of aromatic nitrogens is 2. The molecular formula is C9H13F2N3O. The summed E-state index contributed by atoms with van der Waals surface area (Å²) in [5, 5.41) is 10.8. The van der Waals surface area contributed by atoms with Crippen LogP contribution in [-0.4, -0.2) is 34.1 Å². The fraction of sp³-hybridized carbons (Fsp3) is 0.556. The van der Waals surface area contributed by atoms with Gasteiger partial charge in [0.05, 0.1) is 12.2 Å². The first-order valence-corrected chi connectivity index (χ1v) is 4.51. The average Bonchev–Trinajstić information content (AvgIpc) is 2.18. The molecule has 1 aromatic rings. The summed E-state index contributed by atoms with van der Waals surface area (Å²) in [4.78, 5) is 7.92. The molecule has 0 aromatic carbocycles. The highest BCUT2D eigenvalue weighted by molar-refractivity contribution is 5.01. The number of halogens is 2. The number of nitrogens with zero attached hydrogens (tertiary/aromatic N) is 2. The van der Waals surface area contributed by atoms with Gasteiger partial charge in [-0.05, 0) is 13.0 Å². The summed E-state index contributed by atoms with van der Waals surface area (Å²) in [6, 6.07) is 1.65. The minimum atomic E-state index is -3.08. The molecule has 0 unspecified atom stereocenters. The number of nitrogens with one attached hydrogen (secondary N) is 1. The van der Waals surface area contributed by atoms with E-state index in [0.29, 0.717) is 11.5 Å². The Bertz CT molecular complexity index is 320. The van der Waals surface area contributed by atoms with Crippen LogP contribution in [0.25, 0.3) is 0 Å². The van der Waals surface area contributed by atoms with Crippen LogP contribution in [0.5, 0.6) is 0 Å². The normalized spacial score (nSPS) is 11.7. The van der Waals surface area contributed by atoms with Crippen molar-refractivity contribution in [2.45, 2.75) is 19.4 Å². The molecule has 0 atom stereocenters. The van der Waals surface area contributed by atoms with Gasteiger partial charge in [0.2, 0.25) is 0 Å². The van der Waals surface area contributed by atoms with Crippen LogP contribution in [-0.2, 0) is 6.54 Å². The summed E-state index contributed by atoms with van der Waals surface area (Å²) in [7, 11) is 0. The van der Waals surface area contributed by atoms with Crippen molar-refractivity contribution in [2.24, 2.45) is 0 Å². The number of aryl methyl sites for hydroxylation is 1. The second-order valence-electron chi connectivity index (χ2n) is 3.21. The molecule has 84 valence electrons. The molecule has 4 nitrogen and oxygen atoms in total. The van der Waals surface area contributed by atoms with Crippen molar-refractivity contribution in [3.8, 4) is 0 Å². The van der Waals surface area contributed by atoms with E-state index in [4.69, 9.17) is 5.11 Å². The molecule has 2 N–H and O–H groups in total. The minimum Gasteiger partial charge on any atom is -0.390 e. The van der Waals surface area contributed by atoms with Crippen molar-refractivity contribution in [2.75, 3.05) is 13.2 Å². The smallest absolute Gasteiger partial charge is 0.282 e. The zero-order chi connectivity index (χ0) is 11.3. The van der Waals surface area contributed by atoms with E-state index in [1.54, 1.807) is 19.2 Å². The largest absolute Gasteiger partial charge is 0.390 e. The first-order chi connectivity index (χ1) is 7.03. The molecule has 1 rings (SSSR count). The fourth-order valence-corrected chi connectivity index (χ4v) is 1.03. The molecule has 0 radical (unpaired) electrons. The summed E-state index contributed by atoms with van der Waals surface area (Å²) in [5.41, 5.74) is 0.649. The highest BCUT2D eigenvalue weighted by Gasteiger charge is 2.26. The lowest BCUT2D eigenvalue weighted by Gasteiger charge is -2.13. The number of alkyl halides is 2. The molecule has 15 heavy (non-hydrogen) atoms. The first kappa shape index (κ1) is 11.9. The molecule has 0 saturated heterocycles. The van der Waals surface area contributed by atoms with Gasteiger partial charge in [0.15, 0.2) is 0 Å². The Balaban J connectivity index is 2.38. The van der Waals surface area contributed by atoms with Gasteiger partial charge < -0.3 is 10.4 Å². The summed E-state index contributed by atoms with van der Waals surface area (Å²) in [6.07, 6.45) is 1.57. The number of aliphatic hydroxyl groups is 1. The second-order valence-corrected chi connectivity index (χ2v) is 3.21. The third kappa shape index (κ3) is 4.26. The maximum Gasteiger partial charge on any atom is 0.282 e. The lowest BCUT2D eigenvalue weighted by Crippen LogP contribution is -2.35. The Morgan fingerprint density at radius 1 is 1.53 bits per heavy atom. The highest BCUT2D eigenvalue weighted by atomic mass is 19.3. The van der Waals surface area contributed by atoms with Crippen molar-refractivity contribution in [1.82, 2.24) is 15.3 Å². The molecule has 0 fully saturated rings. The number of hydrogen-bond donors (Lipinski definition) is 2. The van der Waals surface area contributed by atoms with E-state index in [1.165, 1.54) is 0 Å². The molecular weight excluding hydrogens is 204 g/mol. The summed E-state index contributed by atoms with van der Waals surface area (Å²) < 4.78 is 25.2. The van der Waals surface area contributed by atoms with Crippen LogP contribution in [0, 0.1) is 6.92 Å². The Hall–Kier alpha value is -1.14. The van der Waals surface area contributed by atoms with E-state index in [1.807, 2.05) is 0 Å². The zero-order valence-corrected chi connectivity index (χ0v) is 8.37. The van der Waals surface area contributed by atoms with Gasteiger partial charge in [-0.3, -0.25) is 0 Å². The van der Waals surface area contributed by atoms with E-state index in [-0.39, 0.29) is 6.54 Å². The summed E-state index contributed by atoms with van der Waals surface area (Å²) >= 11 is 0. The van der Waals surface area contributed by atoms with Gasteiger partial charge in [0.25, 0.3) is 5.92 Å². The van der Waals surface area contributed by atoms with Gasteiger partial charge in [-0.2, -0.15) is 0 Å². The van der Waals surface area contributed by atoms with E-state index in [2.05, 4.69) is 15.3 Å². The van der Waals surface area contributed by atoms with E-state index in [9.17, 15) is 8.78 Å². The van der Waals surface area contributed by atoms with Crippen molar-refractivity contribution in [3.05, 3.63) is 23.8 Å². The number of hydrogen-bond acceptors (Lipinski definition) is 4. The van der Waals surface area contributed by atoms with Crippen LogP contribution >= 0.6 is 0 Å². The maximum absolute atomic E-state index is 12.6. The standard InChI is InChI=1S/C9H13F2N3O/c1-7-13-3-2-8(14-7)4-12-5-9(10,11)6-15/h2-3,12,15H,4-6H2,1H3. The van der Waals surface area contributed by atoms with Gasteiger partial charge in [0, 0.05) is 12.7 Å². The molecule has 0 amide bonds. The summed E-state index contributed by atoms with van der Waals surface area (Å²) in [6.45, 7) is 0.250. The Morgan fingerprint density at radius 2 is 2.27 bits per heavy atom. The first-order valence-electron chi connectivity index (χ1n) is 4.51. The third-order valence-electron chi connectivity index (χ3n) is 1.75. The van der Waals surface area contributed by atoms with Crippen molar-refractivity contribution in [1.29, 1.82) is 0 Å². The predicted octanol–water partition coefficient (Wildman–Crippen LogP) is 0.502. The van der Waals surface area contributed by atoms with Crippen molar-refractivity contribution in [3.63, 3.8) is 0 Å². The van der Waals surface area contributed by atoms with Gasteiger partial charge in [-0.25, -0.2) is 18.7 Å². The van der Waals surface area contributed by atoms with E-state index in [0.717, 1.165) is 0 Å². The highest BCUT2D eigenvalue weighted by Crippen LogP contribution is 2.09. The molecule has 0 aliphatic rings. The topological polar surface area (TPSA) is 58.0 Å². The SMILES string of the molecule is Cc1nccc(CNCC(F)(F)CO)n1. The van der Waals surface area contributed by atoms with Crippen LogP contribution < -0.4 is 5.32 Å². The van der Waals surface area contributed by atoms with Crippen molar-refractivity contribution >= 4 is 0 Å². The minimum absolute atomic E-state index is 0.235. The van der Waals surface area contributed by atoms with E-state index >= 15 is 0 Å². The third-order valence-corrected chi connectivity index (χ3v) is 1.75. The molecule has 0 aliphatic carbocycles. The monoisotopic (exact) mass is 217 g/mol. The summed E-state index contributed by atoms with van der Waals surface area (Å²) in [5.74, 6) is -2.48. The van der Waals surface area contributed by atoms with Crippen molar-refractivity contribution < 1.29 is 13.9 Å². The lowest BCUT2D eigenvalue weighted by molar-refractivity contribution is -0.0478. The molecule has 1 aromatic heterocycles. The van der Waals surface area contributed by atoms with Crippen LogP contribution in [0.3, 0.4) is 0 Å². The maximum atomic E-state index is 12.6. The number of aliphatic hydroxyl groups excluding tert-OH is 1. The number of rotatable bonds is 5. The van der Waals surface area contributed by atoms with Crippen LogP contribution in [0.1, 0.15) is 11.5 Å².